The van der Waals surface area contributed by atoms with E-state index in [4.69, 9.17) is 18.9 Å². The molecular weight excluding hydrogens is 484 g/mol. The van der Waals surface area contributed by atoms with Crippen molar-refractivity contribution < 1.29 is 28.5 Å². The molecule has 0 spiro atoms. The maximum Gasteiger partial charge on any atom is 0.508 e. The van der Waals surface area contributed by atoms with Crippen molar-refractivity contribution in [1.29, 1.82) is 0 Å². The summed E-state index contributed by atoms with van der Waals surface area (Å²) in [6.45, 7) is 18.3. The molecule has 0 amide bonds. The Bertz CT molecular complexity index is 679. The van der Waals surface area contributed by atoms with Crippen LogP contribution in [0.2, 0.25) is 0 Å². The van der Waals surface area contributed by atoms with Crippen molar-refractivity contribution in [3.8, 4) is 0 Å². The van der Waals surface area contributed by atoms with Gasteiger partial charge in [-0.25, -0.2) is 9.59 Å². The Morgan fingerprint density at radius 2 is 0.816 bits per heavy atom. The zero-order chi connectivity index (χ0) is 28.8. The fourth-order valence-corrected chi connectivity index (χ4v) is 6.29. The molecule has 0 N–H and O–H groups in total. The van der Waals surface area contributed by atoms with E-state index in [2.05, 4.69) is 79.3 Å². The molecule has 2 fully saturated rings. The highest BCUT2D eigenvalue weighted by atomic mass is 16.7. The van der Waals surface area contributed by atoms with E-state index in [1.807, 2.05) is 0 Å². The maximum atomic E-state index is 12.2. The first-order valence-electron chi connectivity index (χ1n) is 14.6. The predicted octanol–water partition coefficient (Wildman–Crippen LogP) is 6.94. The van der Waals surface area contributed by atoms with Crippen molar-refractivity contribution in [2.24, 2.45) is 0 Å². The summed E-state index contributed by atoms with van der Waals surface area (Å²) in [5.74, 6) is 0. The van der Waals surface area contributed by atoms with Crippen LogP contribution in [0.5, 0.6) is 0 Å². The largest absolute Gasteiger partial charge is 0.508 e. The summed E-state index contributed by atoms with van der Waals surface area (Å²) >= 11 is 0. The summed E-state index contributed by atoms with van der Waals surface area (Å²) in [6, 6.07) is 0. The summed E-state index contributed by atoms with van der Waals surface area (Å²) in [6.07, 6.45) is 7.61. The molecule has 8 heteroatoms. The van der Waals surface area contributed by atoms with Crippen LogP contribution in [-0.4, -0.2) is 83.8 Å². The van der Waals surface area contributed by atoms with E-state index in [0.29, 0.717) is 13.2 Å². The van der Waals surface area contributed by atoms with E-state index in [-0.39, 0.29) is 34.4 Å². The lowest BCUT2D eigenvalue weighted by Gasteiger charge is -2.53. The molecule has 0 aromatic heterocycles. The Labute approximate surface area is 232 Å². The molecule has 2 rings (SSSR count). The lowest BCUT2D eigenvalue weighted by molar-refractivity contribution is -0.0822. The minimum atomic E-state index is -0.553. The molecule has 2 saturated heterocycles. The number of piperidine rings is 2. The number of likely N-dealkylation sites (tertiary alicyclic amines) is 2. The van der Waals surface area contributed by atoms with Gasteiger partial charge in [0.05, 0.1) is 13.2 Å². The van der Waals surface area contributed by atoms with E-state index >= 15 is 0 Å². The topological polar surface area (TPSA) is 77.5 Å². The minimum absolute atomic E-state index is 0.0286. The van der Waals surface area contributed by atoms with Crippen molar-refractivity contribution in [2.75, 3.05) is 27.3 Å². The molecule has 0 bridgehead atoms. The molecule has 8 nitrogen and oxygen atoms in total. The first kappa shape index (κ1) is 32.7. The van der Waals surface area contributed by atoms with E-state index in [0.717, 1.165) is 64.2 Å². The van der Waals surface area contributed by atoms with Gasteiger partial charge in [-0.05, 0) is 82.3 Å². The summed E-state index contributed by atoms with van der Waals surface area (Å²) < 4.78 is 21.9. The summed E-state index contributed by atoms with van der Waals surface area (Å²) in [7, 11) is 4.27. The Morgan fingerprint density at radius 3 is 1.11 bits per heavy atom. The second kappa shape index (κ2) is 13.2. The quantitative estimate of drug-likeness (QED) is 0.206. The number of ether oxygens (including phenoxy) is 4. The van der Waals surface area contributed by atoms with Gasteiger partial charge in [0.25, 0.3) is 0 Å². The van der Waals surface area contributed by atoms with Gasteiger partial charge in [0.1, 0.15) is 12.2 Å². The van der Waals surface area contributed by atoms with Crippen molar-refractivity contribution in [1.82, 2.24) is 9.80 Å². The number of carbonyl (C=O) groups excluding carboxylic acids is 2. The fraction of sp³-hybridized carbons (Fsp3) is 0.933. The van der Waals surface area contributed by atoms with Crippen molar-refractivity contribution in [2.45, 2.75) is 154 Å². The van der Waals surface area contributed by atoms with E-state index in [1.165, 1.54) is 0 Å². The summed E-state index contributed by atoms with van der Waals surface area (Å²) in [5.41, 5.74) is -0.115. The first-order chi connectivity index (χ1) is 17.5. The van der Waals surface area contributed by atoms with Crippen LogP contribution in [0.15, 0.2) is 0 Å². The van der Waals surface area contributed by atoms with Gasteiger partial charge in [-0.2, -0.15) is 0 Å². The normalized spacial score (nSPS) is 23.5. The molecule has 2 aliphatic heterocycles. The minimum Gasteiger partial charge on any atom is -0.434 e. The highest BCUT2D eigenvalue weighted by molar-refractivity contribution is 5.60. The van der Waals surface area contributed by atoms with Crippen LogP contribution >= 0.6 is 0 Å². The Hall–Kier alpha value is -1.54. The number of carbonyl (C=O) groups is 2. The van der Waals surface area contributed by atoms with Crippen LogP contribution < -0.4 is 0 Å². The lowest BCUT2D eigenvalue weighted by atomic mass is 9.79. The highest BCUT2D eigenvalue weighted by Crippen LogP contribution is 2.39. The average molecular weight is 541 g/mol. The van der Waals surface area contributed by atoms with Gasteiger partial charge >= 0.3 is 12.3 Å². The third kappa shape index (κ3) is 9.58. The van der Waals surface area contributed by atoms with Gasteiger partial charge < -0.3 is 18.9 Å². The number of rotatable bonds is 11. The van der Waals surface area contributed by atoms with Gasteiger partial charge in [0.2, 0.25) is 0 Å². The molecule has 0 radical (unpaired) electrons. The Balaban J connectivity index is 1.48. The molecule has 0 atom stereocenters. The maximum absolute atomic E-state index is 12.2. The fourth-order valence-electron chi connectivity index (χ4n) is 6.29. The highest BCUT2D eigenvalue weighted by Gasteiger charge is 2.45. The molecule has 2 heterocycles. The van der Waals surface area contributed by atoms with Gasteiger partial charge in [0, 0.05) is 47.8 Å². The Kier molecular flexibility index (Phi) is 11.4. The molecule has 0 saturated carbocycles. The second-order valence-electron chi connectivity index (χ2n) is 14.0. The third-order valence-corrected chi connectivity index (χ3v) is 9.05. The standard InChI is InChI=1S/C30H56N2O6/c1-27(2)19-23(20-28(3,4)31(27)9)37-25(33)35-17-15-13-11-12-14-16-18-36-26(34)38-24-21-29(5,6)32(10)30(7,8)22-24/h23-24H,11-22H2,1-10H3. The molecule has 0 aromatic carbocycles. The molecule has 0 aromatic rings. The monoisotopic (exact) mass is 540 g/mol. The smallest absolute Gasteiger partial charge is 0.434 e. The van der Waals surface area contributed by atoms with Crippen LogP contribution in [0.3, 0.4) is 0 Å². The van der Waals surface area contributed by atoms with Gasteiger partial charge in [-0.3, -0.25) is 9.80 Å². The molecule has 222 valence electrons. The van der Waals surface area contributed by atoms with Crippen LogP contribution in [0.1, 0.15) is 120 Å². The second-order valence-corrected chi connectivity index (χ2v) is 14.0. The first-order valence-corrected chi connectivity index (χ1v) is 14.6. The number of nitrogens with zero attached hydrogens (tertiary/aromatic N) is 2. The molecule has 0 aliphatic carbocycles. The van der Waals surface area contributed by atoms with Gasteiger partial charge in [-0.15, -0.1) is 0 Å². The number of unbranched alkanes of at least 4 members (excludes halogenated alkanes) is 5. The zero-order valence-corrected chi connectivity index (χ0v) is 26.0. The number of hydrogen-bond donors (Lipinski definition) is 0. The predicted molar refractivity (Wildman–Crippen MR) is 150 cm³/mol. The van der Waals surface area contributed by atoms with Crippen molar-refractivity contribution >= 4 is 12.3 Å². The van der Waals surface area contributed by atoms with Crippen LogP contribution in [0.4, 0.5) is 9.59 Å². The van der Waals surface area contributed by atoms with Crippen molar-refractivity contribution in [3.63, 3.8) is 0 Å². The van der Waals surface area contributed by atoms with Crippen LogP contribution in [-0.2, 0) is 18.9 Å². The lowest BCUT2D eigenvalue weighted by Crippen LogP contribution is -2.60. The van der Waals surface area contributed by atoms with Gasteiger partial charge in [0.15, 0.2) is 0 Å². The Morgan fingerprint density at radius 1 is 0.553 bits per heavy atom. The molecule has 38 heavy (non-hydrogen) atoms. The summed E-state index contributed by atoms with van der Waals surface area (Å²) in [4.78, 5) is 29.1. The number of hydrogen-bond acceptors (Lipinski definition) is 8. The zero-order valence-electron chi connectivity index (χ0n) is 26.0. The molecular formula is C30H56N2O6. The SMILES string of the molecule is CN1C(C)(C)CC(OC(=O)OCCCCCCCCOC(=O)OC2CC(C)(C)N(C)C(C)(C)C2)CC1(C)C. The van der Waals surface area contributed by atoms with Crippen LogP contribution in [0, 0.1) is 0 Å². The van der Waals surface area contributed by atoms with Crippen LogP contribution in [0.25, 0.3) is 0 Å². The molecule has 2 aliphatic rings. The van der Waals surface area contributed by atoms with Crippen molar-refractivity contribution in [3.05, 3.63) is 0 Å². The third-order valence-electron chi connectivity index (χ3n) is 9.05. The van der Waals surface area contributed by atoms with E-state index < -0.39 is 12.3 Å². The van der Waals surface area contributed by atoms with E-state index in [1.54, 1.807) is 0 Å². The average Bonchev–Trinajstić information content (AvgIpc) is 2.76. The summed E-state index contributed by atoms with van der Waals surface area (Å²) in [5, 5.41) is 0. The molecule has 0 unspecified atom stereocenters. The van der Waals surface area contributed by atoms with E-state index in [9.17, 15) is 9.59 Å². The van der Waals surface area contributed by atoms with Gasteiger partial charge in [-0.1, -0.05) is 25.7 Å².